The smallest absolute Gasteiger partial charge is 0.212 e. The normalized spacial score (nSPS) is 17.4. The Morgan fingerprint density at radius 2 is 2.21 bits per heavy atom. The molecule has 0 spiro atoms. The van der Waals surface area contributed by atoms with E-state index < -0.39 is 0 Å². The predicted octanol–water partition coefficient (Wildman–Crippen LogP) is 2.51. The number of ether oxygens (including phenoxy) is 2. The Morgan fingerprint density at radius 1 is 1.32 bits per heavy atom. The van der Waals surface area contributed by atoms with Gasteiger partial charge in [-0.15, -0.1) is 0 Å². The fourth-order valence-corrected chi connectivity index (χ4v) is 2.33. The minimum Gasteiger partial charge on any atom is -0.508 e. The highest BCUT2D eigenvalue weighted by atomic mass is 16.5. The molecular weight excluding hydrogens is 242 g/mol. The summed E-state index contributed by atoms with van der Waals surface area (Å²) in [6.45, 7) is 0.602. The van der Waals surface area contributed by atoms with Crippen LogP contribution in [0.3, 0.4) is 0 Å². The first-order valence-electron chi connectivity index (χ1n) is 6.21. The lowest BCUT2D eigenvalue weighted by atomic mass is 9.91. The highest BCUT2D eigenvalue weighted by Crippen LogP contribution is 2.34. The van der Waals surface area contributed by atoms with Gasteiger partial charge >= 0.3 is 0 Å². The van der Waals surface area contributed by atoms with Crippen LogP contribution in [0.2, 0.25) is 0 Å². The number of aromatic nitrogens is 1. The van der Waals surface area contributed by atoms with E-state index in [1.54, 1.807) is 19.2 Å². The largest absolute Gasteiger partial charge is 0.508 e. The lowest BCUT2D eigenvalue weighted by Crippen LogP contribution is -2.19. The number of methoxy groups -OCH3 is 1. The highest BCUT2D eigenvalue weighted by molar-refractivity contribution is 5.42. The number of phenolic OH excluding ortho intramolecular Hbond substituents is 1. The van der Waals surface area contributed by atoms with Gasteiger partial charge in [-0.3, -0.25) is 0 Å². The number of nitrogens with zero attached hydrogens (tertiary/aromatic N) is 1. The van der Waals surface area contributed by atoms with Crippen molar-refractivity contribution in [3.63, 3.8) is 0 Å². The van der Waals surface area contributed by atoms with E-state index in [1.807, 2.05) is 24.4 Å². The molecule has 0 bridgehead atoms. The van der Waals surface area contributed by atoms with Gasteiger partial charge in [-0.1, -0.05) is 12.1 Å². The van der Waals surface area contributed by atoms with Gasteiger partial charge in [0.25, 0.3) is 0 Å². The molecule has 2 aromatic rings. The molecule has 1 aliphatic rings. The fourth-order valence-electron chi connectivity index (χ4n) is 2.33. The number of aromatic hydroxyl groups is 1. The van der Waals surface area contributed by atoms with Crippen LogP contribution in [-0.4, -0.2) is 23.8 Å². The molecule has 1 aromatic carbocycles. The molecule has 0 aliphatic carbocycles. The maximum absolute atomic E-state index is 9.42. The van der Waals surface area contributed by atoms with Crippen LogP contribution in [0.25, 0.3) is 0 Å². The fraction of sp³-hybridized carbons (Fsp3) is 0.267. The molecule has 2 heterocycles. The topological polar surface area (TPSA) is 51.6 Å². The van der Waals surface area contributed by atoms with Crippen LogP contribution in [0.4, 0.5) is 0 Å². The number of rotatable bonds is 2. The van der Waals surface area contributed by atoms with Crippen LogP contribution in [0.15, 0.2) is 36.5 Å². The molecular formula is C15H15NO3. The molecule has 1 unspecified atom stereocenters. The van der Waals surface area contributed by atoms with Crippen LogP contribution in [0.5, 0.6) is 17.4 Å². The summed E-state index contributed by atoms with van der Waals surface area (Å²) in [5.41, 5.74) is 2.25. The summed E-state index contributed by atoms with van der Waals surface area (Å²) < 4.78 is 10.8. The highest BCUT2D eigenvalue weighted by Gasteiger charge is 2.22. The summed E-state index contributed by atoms with van der Waals surface area (Å²) in [7, 11) is 1.61. The van der Waals surface area contributed by atoms with Crippen molar-refractivity contribution in [3.8, 4) is 17.4 Å². The minimum atomic E-state index is 0.239. The third kappa shape index (κ3) is 2.34. The van der Waals surface area contributed by atoms with Crippen molar-refractivity contribution in [1.82, 2.24) is 4.98 Å². The Balaban J connectivity index is 1.82. The van der Waals surface area contributed by atoms with Crippen molar-refractivity contribution in [3.05, 3.63) is 47.7 Å². The van der Waals surface area contributed by atoms with Crippen molar-refractivity contribution in [2.24, 2.45) is 0 Å². The molecule has 0 saturated heterocycles. The zero-order valence-corrected chi connectivity index (χ0v) is 10.7. The number of pyridine rings is 1. The lowest BCUT2D eigenvalue weighted by Gasteiger charge is -2.25. The standard InChI is InChI=1S/C15H15NO3/c1-18-15-5-3-11(8-16-15)12-6-10-2-4-13(17)7-14(10)19-9-12/h2-5,7-8,12,17H,6,9H2,1H3. The van der Waals surface area contributed by atoms with Crippen LogP contribution in [0, 0.1) is 0 Å². The average Bonchev–Trinajstić information content (AvgIpc) is 2.47. The van der Waals surface area contributed by atoms with E-state index in [1.165, 1.54) is 0 Å². The first-order valence-corrected chi connectivity index (χ1v) is 6.21. The Labute approximate surface area is 111 Å². The summed E-state index contributed by atoms with van der Waals surface area (Å²) in [6, 6.07) is 9.15. The molecule has 1 N–H and O–H groups in total. The summed E-state index contributed by atoms with van der Waals surface area (Å²) in [4.78, 5) is 4.22. The van der Waals surface area contributed by atoms with Gasteiger partial charge in [0.1, 0.15) is 11.5 Å². The third-order valence-electron chi connectivity index (χ3n) is 3.40. The Morgan fingerprint density at radius 3 is 2.95 bits per heavy atom. The zero-order chi connectivity index (χ0) is 13.2. The molecule has 4 heteroatoms. The molecule has 1 aromatic heterocycles. The van der Waals surface area contributed by atoms with E-state index in [-0.39, 0.29) is 11.7 Å². The maximum atomic E-state index is 9.42. The van der Waals surface area contributed by atoms with E-state index in [4.69, 9.17) is 9.47 Å². The number of phenols is 1. The SMILES string of the molecule is COc1ccc(C2COc3cc(O)ccc3C2)cn1. The summed E-state index contributed by atoms with van der Waals surface area (Å²) in [5, 5.41) is 9.42. The van der Waals surface area contributed by atoms with Crippen molar-refractivity contribution in [2.75, 3.05) is 13.7 Å². The Hall–Kier alpha value is -2.23. The first kappa shape index (κ1) is 11.8. The van der Waals surface area contributed by atoms with E-state index >= 15 is 0 Å². The molecule has 3 rings (SSSR count). The third-order valence-corrected chi connectivity index (χ3v) is 3.40. The monoisotopic (exact) mass is 257 g/mol. The van der Waals surface area contributed by atoms with Crippen molar-refractivity contribution in [1.29, 1.82) is 0 Å². The lowest BCUT2D eigenvalue weighted by molar-refractivity contribution is 0.261. The van der Waals surface area contributed by atoms with Crippen LogP contribution >= 0.6 is 0 Å². The van der Waals surface area contributed by atoms with Crippen molar-refractivity contribution >= 4 is 0 Å². The average molecular weight is 257 g/mol. The Bertz CT molecular complexity index is 580. The molecule has 0 saturated carbocycles. The van der Waals surface area contributed by atoms with E-state index in [0.29, 0.717) is 12.5 Å². The molecule has 0 radical (unpaired) electrons. The first-order chi connectivity index (χ1) is 9.26. The van der Waals surface area contributed by atoms with Gasteiger partial charge in [0.2, 0.25) is 5.88 Å². The second kappa shape index (κ2) is 4.80. The Kier molecular flexibility index (Phi) is 2.99. The number of benzene rings is 1. The van der Waals surface area contributed by atoms with Gasteiger partial charge in [-0.2, -0.15) is 0 Å². The zero-order valence-electron chi connectivity index (χ0n) is 10.7. The van der Waals surface area contributed by atoms with E-state index in [0.717, 1.165) is 23.3 Å². The van der Waals surface area contributed by atoms with Crippen LogP contribution < -0.4 is 9.47 Å². The summed E-state index contributed by atoms with van der Waals surface area (Å²) >= 11 is 0. The van der Waals surface area contributed by atoms with E-state index in [9.17, 15) is 5.11 Å². The van der Waals surface area contributed by atoms with Crippen molar-refractivity contribution in [2.45, 2.75) is 12.3 Å². The van der Waals surface area contributed by atoms with Gasteiger partial charge in [-0.25, -0.2) is 4.98 Å². The number of fused-ring (bicyclic) bond motifs is 1. The summed E-state index contributed by atoms with van der Waals surface area (Å²) in [5.74, 6) is 1.92. The van der Waals surface area contributed by atoms with E-state index in [2.05, 4.69) is 4.98 Å². The van der Waals surface area contributed by atoms with Gasteiger partial charge in [0.05, 0.1) is 13.7 Å². The van der Waals surface area contributed by atoms with Crippen molar-refractivity contribution < 1.29 is 14.6 Å². The predicted molar refractivity (Wildman–Crippen MR) is 70.8 cm³/mol. The molecule has 1 atom stereocenters. The second-order valence-corrected chi connectivity index (χ2v) is 4.64. The van der Waals surface area contributed by atoms with Gasteiger partial charge < -0.3 is 14.6 Å². The number of hydrogen-bond donors (Lipinski definition) is 1. The molecule has 98 valence electrons. The molecule has 4 nitrogen and oxygen atoms in total. The second-order valence-electron chi connectivity index (χ2n) is 4.64. The minimum absolute atomic E-state index is 0.239. The van der Waals surface area contributed by atoms with Gasteiger partial charge in [0.15, 0.2) is 0 Å². The summed E-state index contributed by atoms with van der Waals surface area (Å²) in [6.07, 6.45) is 2.72. The molecule has 0 fully saturated rings. The van der Waals surface area contributed by atoms with Crippen LogP contribution in [0.1, 0.15) is 17.0 Å². The van der Waals surface area contributed by atoms with Gasteiger partial charge in [0, 0.05) is 24.2 Å². The quantitative estimate of drug-likeness (QED) is 0.898. The van der Waals surface area contributed by atoms with Gasteiger partial charge in [-0.05, 0) is 23.6 Å². The molecule has 19 heavy (non-hydrogen) atoms. The number of hydrogen-bond acceptors (Lipinski definition) is 4. The maximum Gasteiger partial charge on any atom is 0.212 e. The molecule has 0 amide bonds. The molecule has 1 aliphatic heterocycles. The van der Waals surface area contributed by atoms with Crippen LogP contribution in [-0.2, 0) is 6.42 Å².